The predicted octanol–water partition coefficient (Wildman–Crippen LogP) is 3.45. The molecule has 0 aliphatic rings. The normalized spacial score (nSPS) is 13.5. The van der Waals surface area contributed by atoms with Gasteiger partial charge >= 0.3 is 5.97 Å². The van der Waals surface area contributed by atoms with Crippen LogP contribution < -0.4 is 0 Å². The van der Waals surface area contributed by atoms with Gasteiger partial charge in [0, 0.05) is 6.42 Å². The first-order valence-electron chi connectivity index (χ1n) is 7.17. The van der Waals surface area contributed by atoms with Crippen LogP contribution in [-0.4, -0.2) is 17.7 Å². The van der Waals surface area contributed by atoms with E-state index in [0.29, 0.717) is 24.2 Å². The van der Waals surface area contributed by atoms with Gasteiger partial charge < -0.3 is 9.84 Å². The number of hydrogen-bond acceptors (Lipinski definition) is 3. The third-order valence-electron chi connectivity index (χ3n) is 3.45. The number of carbonyl (C=O) groups excluding carboxylic acids is 1. The highest BCUT2D eigenvalue weighted by molar-refractivity contribution is 5.89. The third-order valence-corrected chi connectivity index (χ3v) is 3.45. The van der Waals surface area contributed by atoms with Gasteiger partial charge in [-0.3, -0.25) is 0 Å². The summed E-state index contributed by atoms with van der Waals surface area (Å²) in [7, 11) is 0. The van der Waals surface area contributed by atoms with E-state index in [1.165, 1.54) is 12.1 Å². The zero-order valence-corrected chi connectivity index (χ0v) is 12.7. The van der Waals surface area contributed by atoms with Crippen LogP contribution in [0, 0.1) is 5.82 Å². The molecule has 2 aromatic rings. The van der Waals surface area contributed by atoms with Crippen LogP contribution in [0.1, 0.15) is 35.3 Å². The number of aliphatic hydroxyl groups is 1. The Morgan fingerprint density at radius 1 is 1.23 bits per heavy atom. The van der Waals surface area contributed by atoms with E-state index >= 15 is 0 Å². The van der Waals surface area contributed by atoms with Gasteiger partial charge in [-0.15, -0.1) is 0 Å². The van der Waals surface area contributed by atoms with Crippen LogP contribution in [0.15, 0.2) is 48.5 Å². The highest BCUT2D eigenvalue weighted by atomic mass is 19.1. The van der Waals surface area contributed by atoms with Crippen molar-refractivity contribution in [3.63, 3.8) is 0 Å². The molecule has 0 radical (unpaired) electrons. The molecule has 2 rings (SSSR count). The predicted molar refractivity (Wildman–Crippen MR) is 82.1 cm³/mol. The first kappa shape index (κ1) is 16.2. The number of rotatable bonds is 5. The summed E-state index contributed by atoms with van der Waals surface area (Å²) in [5.41, 5.74) is 0.727. The molecule has 0 spiro atoms. The second kappa shape index (κ2) is 6.71. The number of ether oxygens (including phenoxy) is 1. The first-order valence-corrected chi connectivity index (χ1v) is 7.17. The van der Waals surface area contributed by atoms with Crippen molar-refractivity contribution in [2.75, 3.05) is 6.61 Å². The lowest BCUT2D eigenvalue weighted by molar-refractivity contribution is 0.0519. The molecule has 0 aromatic heterocycles. The SMILES string of the molecule is CCOC(=O)c1cccc(CC(C)(O)c2ccc(F)cc2)c1. The summed E-state index contributed by atoms with van der Waals surface area (Å²) >= 11 is 0. The first-order chi connectivity index (χ1) is 10.4. The Hall–Kier alpha value is -2.20. The quantitative estimate of drug-likeness (QED) is 0.860. The van der Waals surface area contributed by atoms with E-state index in [4.69, 9.17) is 4.74 Å². The van der Waals surface area contributed by atoms with E-state index in [1.807, 2.05) is 6.07 Å². The van der Waals surface area contributed by atoms with Crippen LogP contribution in [0.4, 0.5) is 4.39 Å². The number of esters is 1. The maximum Gasteiger partial charge on any atom is 0.338 e. The van der Waals surface area contributed by atoms with Crippen molar-refractivity contribution in [3.8, 4) is 0 Å². The molecule has 0 heterocycles. The van der Waals surface area contributed by atoms with Crippen LogP contribution >= 0.6 is 0 Å². The molecule has 116 valence electrons. The minimum Gasteiger partial charge on any atom is -0.462 e. The van der Waals surface area contributed by atoms with Crippen molar-refractivity contribution in [1.29, 1.82) is 0 Å². The Morgan fingerprint density at radius 2 is 1.91 bits per heavy atom. The largest absolute Gasteiger partial charge is 0.462 e. The van der Waals surface area contributed by atoms with Gasteiger partial charge in [-0.05, 0) is 49.2 Å². The fraction of sp³-hybridized carbons (Fsp3) is 0.278. The molecule has 1 unspecified atom stereocenters. The molecule has 2 aromatic carbocycles. The van der Waals surface area contributed by atoms with E-state index in [2.05, 4.69) is 0 Å². The van der Waals surface area contributed by atoms with Gasteiger partial charge in [0.25, 0.3) is 0 Å². The molecule has 1 atom stereocenters. The van der Waals surface area contributed by atoms with Crippen molar-refractivity contribution in [3.05, 3.63) is 71.0 Å². The van der Waals surface area contributed by atoms with E-state index in [0.717, 1.165) is 5.56 Å². The fourth-order valence-electron chi connectivity index (χ4n) is 2.33. The molecule has 3 nitrogen and oxygen atoms in total. The minimum atomic E-state index is -1.15. The van der Waals surface area contributed by atoms with Crippen molar-refractivity contribution in [1.82, 2.24) is 0 Å². The maximum atomic E-state index is 13.0. The number of halogens is 1. The van der Waals surface area contributed by atoms with Crippen molar-refractivity contribution in [2.45, 2.75) is 25.9 Å². The van der Waals surface area contributed by atoms with E-state index in [-0.39, 0.29) is 11.8 Å². The van der Waals surface area contributed by atoms with Gasteiger partial charge in [0.2, 0.25) is 0 Å². The minimum absolute atomic E-state index is 0.311. The van der Waals surface area contributed by atoms with Gasteiger partial charge in [-0.1, -0.05) is 24.3 Å². The van der Waals surface area contributed by atoms with Crippen LogP contribution in [0.2, 0.25) is 0 Å². The number of carbonyl (C=O) groups is 1. The molecule has 4 heteroatoms. The highest BCUT2D eigenvalue weighted by Crippen LogP contribution is 2.26. The molecular weight excluding hydrogens is 283 g/mol. The molecule has 0 amide bonds. The molecule has 1 N–H and O–H groups in total. The summed E-state index contributed by atoms with van der Waals surface area (Å²) in [5.74, 6) is -0.727. The molecule has 0 bridgehead atoms. The smallest absolute Gasteiger partial charge is 0.338 e. The second-order valence-electron chi connectivity index (χ2n) is 5.38. The Morgan fingerprint density at radius 3 is 2.55 bits per heavy atom. The second-order valence-corrected chi connectivity index (χ2v) is 5.38. The number of benzene rings is 2. The Kier molecular flexibility index (Phi) is 4.93. The topological polar surface area (TPSA) is 46.5 Å². The Balaban J connectivity index is 2.20. The third kappa shape index (κ3) is 3.92. The molecule has 0 saturated heterocycles. The van der Waals surface area contributed by atoms with Gasteiger partial charge in [0.05, 0.1) is 17.8 Å². The van der Waals surface area contributed by atoms with E-state index in [9.17, 15) is 14.3 Å². The average molecular weight is 302 g/mol. The lowest BCUT2D eigenvalue weighted by Gasteiger charge is -2.24. The lowest BCUT2D eigenvalue weighted by atomic mass is 9.88. The summed E-state index contributed by atoms with van der Waals surface area (Å²) < 4.78 is 18.0. The van der Waals surface area contributed by atoms with Gasteiger partial charge in [-0.2, -0.15) is 0 Å². The van der Waals surface area contributed by atoms with Gasteiger partial charge in [0.15, 0.2) is 0 Å². The monoisotopic (exact) mass is 302 g/mol. The molecule has 0 aliphatic carbocycles. The summed E-state index contributed by atoms with van der Waals surface area (Å²) in [6.07, 6.45) is 0.311. The van der Waals surface area contributed by atoms with Crippen LogP contribution in [0.5, 0.6) is 0 Å². The number of hydrogen-bond donors (Lipinski definition) is 1. The summed E-state index contributed by atoms with van der Waals surface area (Å²) in [6.45, 7) is 3.73. The molecule has 0 saturated carbocycles. The summed E-state index contributed by atoms with van der Waals surface area (Å²) in [6, 6.07) is 12.7. The zero-order chi connectivity index (χ0) is 16.2. The highest BCUT2D eigenvalue weighted by Gasteiger charge is 2.24. The molecule has 0 aliphatic heterocycles. The van der Waals surface area contributed by atoms with Gasteiger partial charge in [-0.25, -0.2) is 9.18 Å². The van der Waals surface area contributed by atoms with Crippen molar-refractivity contribution >= 4 is 5.97 Å². The van der Waals surface area contributed by atoms with Crippen LogP contribution in [0.3, 0.4) is 0 Å². The standard InChI is InChI=1S/C18H19FO3/c1-3-22-17(20)14-6-4-5-13(11-14)12-18(2,21)15-7-9-16(19)10-8-15/h4-11,21H,3,12H2,1-2H3. The van der Waals surface area contributed by atoms with Crippen LogP contribution in [-0.2, 0) is 16.8 Å². The summed E-state index contributed by atoms with van der Waals surface area (Å²) in [4.78, 5) is 11.7. The van der Waals surface area contributed by atoms with Gasteiger partial charge in [0.1, 0.15) is 5.82 Å². The zero-order valence-electron chi connectivity index (χ0n) is 12.7. The molecule has 22 heavy (non-hydrogen) atoms. The summed E-state index contributed by atoms with van der Waals surface area (Å²) in [5, 5.41) is 10.6. The van der Waals surface area contributed by atoms with E-state index < -0.39 is 5.60 Å². The Labute approximate surface area is 129 Å². The Bertz CT molecular complexity index is 648. The van der Waals surface area contributed by atoms with Crippen LogP contribution in [0.25, 0.3) is 0 Å². The molecular formula is C18H19FO3. The van der Waals surface area contributed by atoms with Crippen molar-refractivity contribution < 1.29 is 19.0 Å². The molecule has 0 fully saturated rings. The van der Waals surface area contributed by atoms with Crippen molar-refractivity contribution in [2.24, 2.45) is 0 Å². The average Bonchev–Trinajstić information content (AvgIpc) is 2.48. The van der Waals surface area contributed by atoms with E-state index in [1.54, 1.807) is 44.2 Å². The maximum absolute atomic E-state index is 13.0. The lowest BCUT2D eigenvalue weighted by Crippen LogP contribution is -2.24. The fourth-order valence-corrected chi connectivity index (χ4v) is 2.33.